The van der Waals surface area contributed by atoms with Crippen LogP contribution in [-0.4, -0.2) is 40.3 Å². The number of hydrogen-bond acceptors (Lipinski definition) is 7. The van der Waals surface area contributed by atoms with Crippen LogP contribution in [0.2, 0.25) is 0 Å². The van der Waals surface area contributed by atoms with Crippen molar-refractivity contribution in [3.8, 4) is 5.75 Å². The molecule has 0 bridgehead atoms. The zero-order valence-corrected chi connectivity index (χ0v) is 19.2. The lowest BCUT2D eigenvalue weighted by molar-refractivity contribution is 0.0694. The third-order valence-electron chi connectivity index (χ3n) is 6.16. The maximum absolute atomic E-state index is 15.4. The van der Waals surface area contributed by atoms with Gasteiger partial charge in [-0.25, -0.2) is 14.2 Å². The molecule has 0 aliphatic carbocycles. The highest BCUT2D eigenvalue weighted by Gasteiger charge is 2.32. The number of carboxylic acids is 1. The van der Waals surface area contributed by atoms with E-state index in [4.69, 9.17) is 10.5 Å². The minimum absolute atomic E-state index is 0.0252. The van der Waals surface area contributed by atoms with Crippen LogP contribution in [0.1, 0.15) is 22.0 Å². The quantitative estimate of drug-likeness (QED) is 0.218. The Balaban J connectivity index is 1.57. The number of nitrogen functional groups attached to an aromatic ring is 1. The molecule has 0 fully saturated rings. The number of anilines is 3. The van der Waals surface area contributed by atoms with Crippen LogP contribution in [0.4, 0.5) is 21.6 Å². The van der Waals surface area contributed by atoms with Crippen molar-refractivity contribution in [1.29, 1.82) is 0 Å². The molecule has 1 aliphatic rings. The Morgan fingerprint density at radius 3 is 2.64 bits per heavy atom. The summed E-state index contributed by atoms with van der Waals surface area (Å²) in [5.74, 6) is -1.45. The lowest BCUT2D eigenvalue weighted by atomic mass is 10.0. The smallest absolute Gasteiger partial charge is 0.341 e. The van der Waals surface area contributed by atoms with Gasteiger partial charge in [-0.1, -0.05) is 36.4 Å². The third kappa shape index (κ3) is 4.17. The number of ether oxygens (including phenoxy) is 1. The number of aromatic carboxylic acids is 1. The maximum Gasteiger partial charge on any atom is 0.341 e. The molecule has 10 heteroatoms. The van der Waals surface area contributed by atoms with Crippen molar-refractivity contribution in [3.63, 3.8) is 0 Å². The first kappa shape index (κ1) is 23.2. The van der Waals surface area contributed by atoms with Gasteiger partial charge in [-0.15, -0.1) is 0 Å². The average Bonchev–Trinajstić information content (AvgIpc) is 2.89. The lowest BCUT2D eigenvalue weighted by Gasteiger charge is -2.31. The molecule has 1 atom stereocenters. The van der Waals surface area contributed by atoms with Gasteiger partial charge in [0, 0.05) is 25.5 Å². The maximum atomic E-state index is 15.4. The zero-order chi connectivity index (χ0) is 25.2. The Morgan fingerprint density at radius 2 is 1.92 bits per heavy atom. The molecule has 184 valence electrons. The Morgan fingerprint density at radius 1 is 1.17 bits per heavy atom. The fourth-order valence-corrected chi connectivity index (χ4v) is 4.46. The van der Waals surface area contributed by atoms with Crippen molar-refractivity contribution >= 4 is 34.1 Å². The third-order valence-corrected chi connectivity index (χ3v) is 6.16. The molecule has 0 radical (unpaired) electrons. The van der Waals surface area contributed by atoms with Gasteiger partial charge in [-0.3, -0.25) is 4.79 Å². The van der Waals surface area contributed by atoms with Gasteiger partial charge >= 0.3 is 5.97 Å². The molecule has 0 amide bonds. The van der Waals surface area contributed by atoms with E-state index in [2.05, 4.69) is 15.6 Å². The molecule has 1 aliphatic heterocycles. The van der Waals surface area contributed by atoms with E-state index in [-0.39, 0.29) is 35.0 Å². The topological polar surface area (TPSA) is 131 Å². The summed E-state index contributed by atoms with van der Waals surface area (Å²) in [6.45, 7) is 0.887. The SMILES string of the molecule is Nc1c(F)c(NCCNc2ccccn2)c2c3c1c(=O)c(C(=O)O)cn3C(Cc1ccccc1)CO2. The van der Waals surface area contributed by atoms with Crippen LogP contribution >= 0.6 is 0 Å². The van der Waals surface area contributed by atoms with Gasteiger partial charge in [0.2, 0.25) is 5.43 Å². The van der Waals surface area contributed by atoms with Crippen LogP contribution < -0.4 is 26.5 Å². The van der Waals surface area contributed by atoms with Crippen molar-refractivity contribution in [2.75, 3.05) is 36.1 Å². The highest BCUT2D eigenvalue weighted by molar-refractivity contribution is 6.03. The van der Waals surface area contributed by atoms with Gasteiger partial charge in [0.1, 0.15) is 23.7 Å². The van der Waals surface area contributed by atoms with Crippen LogP contribution in [0.25, 0.3) is 10.9 Å². The number of pyridine rings is 2. The fourth-order valence-electron chi connectivity index (χ4n) is 4.46. The molecule has 2 aromatic carbocycles. The molecule has 4 aromatic rings. The number of benzene rings is 2. The Hall–Kier alpha value is -4.60. The molecule has 3 heterocycles. The summed E-state index contributed by atoms with van der Waals surface area (Å²) in [5.41, 5.74) is 5.66. The summed E-state index contributed by atoms with van der Waals surface area (Å²) >= 11 is 0. The van der Waals surface area contributed by atoms with Crippen molar-refractivity contribution in [2.24, 2.45) is 0 Å². The molecule has 9 nitrogen and oxygen atoms in total. The number of rotatable bonds is 8. The van der Waals surface area contributed by atoms with E-state index in [0.717, 1.165) is 5.56 Å². The molecule has 1 unspecified atom stereocenters. The first-order chi connectivity index (χ1) is 17.5. The Kier molecular flexibility index (Phi) is 6.16. The molecular formula is C26H24FN5O4. The highest BCUT2D eigenvalue weighted by Crippen LogP contribution is 2.43. The van der Waals surface area contributed by atoms with E-state index >= 15 is 4.39 Å². The van der Waals surface area contributed by atoms with Crippen LogP contribution in [0.15, 0.2) is 65.7 Å². The minimum atomic E-state index is -1.40. The van der Waals surface area contributed by atoms with Gasteiger partial charge < -0.3 is 30.8 Å². The number of nitrogens with two attached hydrogens (primary N) is 1. The van der Waals surface area contributed by atoms with Crippen molar-refractivity contribution in [1.82, 2.24) is 9.55 Å². The average molecular weight is 490 g/mol. The first-order valence-corrected chi connectivity index (χ1v) is 11.4. The number of carboxylic acid groups (broad SMARTS) is 1. The van der Waals surface area contributed by atoms with E-state index in [9.17, 15) is 14.7 Å². The predicted molar refractivity (Wildman–Crippen MR) is 135 cm³/mol. The van der Waals surface area contributed by atoms with Crippen molar-refractivity contribution in [3.05, 3.63) is 88.1 Å². The van der Waals surface area contributed by atoms with E-state index < -0.39 is 28.5 Å². The molecule has 0 saturated heterocycles. The Labute approximate surface area is 205 Å². The molecule has 2 aromatic heterocycles. The number of nitrogens with one attached hydrogen (secondary N) is 2. The summed E-state index contributed by atoms with van der Waals surface area (Å²) < 4.78 is 23.1. The summed E-state index contributed by atoms with van der Waals surface area (Å²) in [7, 11) is 0. The summed E-state index contributed by atoms with van der Waals surface area (Å²) in [4.78, 5) is 29.1. The zero-order valence-electron chi connectivity index (χ0n) is 19.2. The summed E-state index contributed by atoms with van der Waals surface area (Å²) in [5, 5.41) is 15.6. The van der Waals surface area contributed by atoms with Gasteiger partial charge in [-0.2, -0.15) is 0 Å². The molecular weight excluding hydrogens is 465 g/mol. The first-order valence-electron chi connectivity index (χ1n) is 11.4. The second kappa shape index (κ2) is 9.57. The van der Waals surface area contributed by atoms with Crippen LogP contribution in [0.3, 0.4) is 0 Å². The van der Waals surface area contributed by atoms with Crippen molar-refractivity contribution in [2.45, 2.75) is 12.5 Å². The van der Waals surface area contributed by atoms with Crippen LogP contribution in [0.5, 0.6) is 5.75 Å². The van der Waals surface area contributed by atoms with Gasteiger partial charge in [0.25, 0.3) is 0 Å². The molecule has 36 heavy (non-hydrogen) atoms. The standard InChI is InChI=1S/C26H24FN5O4/c27-20-21(28)19-23-25(22(20)31-11-10-30-18-8-4-5-9-29-18)36-14-16(12-15-6-2-1-3-7-15)32(23)13-17(24(19)33)26(34)35/h1-9,13,16,31H,10-12,14,28H2,(H,29,30)(H,34,35). The molecule has 0 saturated carbocycles. The second-order valence-electron chi connectivity index (χ2n) is 8.46. The molecule has 0 spiro atoms. The normalized spacial score (nSPS) is 14.3. The molecule has 5 rings (SSSR count). The fraction of sp³-hybridized carbons (Fsp3) is 0.192. The minimum Gasteiger partial charge on any atom is -0.487 e. The number of hydrogen-bond donors (Lipinski definition) is 4. The van der Waals surface area contributed by atoms with Gasteiger partial charge in [-0.05, 0) is 24.1 Å². The number of nitrogens with zero attached hydrogens (tertiary/aromatic N) is 2. The highest BCUT2D eigenvalue weighted by atomic mass is 19.1. The van der Waals surface area contributed by atoms with Crippen LogP contribution in [-0.2, 0) is 6.42 Å². The number of aromatic nitrogens is 2. The van der Waals surface area contributed by atoms with Crippen LogP contribution in [0, 0.1) is 5.82 Å². The van der Waals surface area contributed by atoms with E-state index in [1.807, 2.05) is 42.5 Å². The largest absolute Gasteiger partial charge is 0.487 e. The summed E-state index contributed by atoms with van der Waals surface area (Å²) in [6, 6.07) is 14.8. The van der Waals surface area contributed by atoms with E-state index in [1.54, 1.807) is 16.8 Å². The number of carbonyl (C=O) groups is 1. The summed E-state index contributed by atoms with van der Waals surface area (Å²) in [6.07, 6.45) is 3.48. The monoisotopic (exact) mass is 489 g/mol. The van der Waals surface area contributed by atoms with Gasteiger partial charge in [0.05, 0.1) is 22.6 Å². The molecule has 5 N–H and O–H groups in total. The lowest BCUT2D eigenvalue weighted by Crippen LogP contribution is -2.30. The van der Waals surface area contributed by atoms with Crippen molar-refractivity contribution < 1.29 is 19.0 Å². The van der Waals surface area contributed by atoms with E-state index in [0.29, 0.717) is 25.3 Å². The second-order valence-corrected chi connectivity index (χ2v) is 8.46. The predicted octanol–water partition coefficient (Wildman–Crippen LogP) is 3.52. The number of halogens is 1. The van der Waals surface area contributed by atoms with Gasteiger partial charge in [0.15, 0.2) is 11.6 Å². The Bertz CT molecular complexity index is 1490. The van der Waals surface area contributed by atoms with E-state index in [1.165, 1.54) is 6.20 Å².